The van der Waals surface area contributed by atoms with Crippen LogP contribution in [0.15, 0.2) is 12.2 Å². The fourth-order valence-corrected chi connectivity index (χ4v) is 2.70. The SMILES string of the molecule is CC(=O)Nc1nc(C)n(C2=CCC(n3nc(NC(C)=O)nc3C)=CC2)n1. The molecule has 10 heteroatoms. The molecule has 2 heterocycles. The van der Waals surface area contributed by atoms with Crippen LogP contribution in [0.25, 0.3) is 11.4 Å². The van der Waals surface area contributed by atoms with E-state index in [0.717, 1.165) is 11.4 Å². The molecule has 1 aliphatic carbocycles. The molecule has 3 rings (SSSR count). The van der Waals surface area contributed by atoms with Crippen molar-refractivity contribution < 1.29 is 9.59 Å². The second-order valence-corrected chi connectivity index (χ2v) is 5.95. The Morgan fingerprint density at radius 2 is 1.23 bits per heavy atom. The van der Waals surface area contributed by atoms with E-state index < -0.39 is 0 Å². The minimum atomic E-state index is -0.210. The van der Waals surface area contributed by atoms with E-state index in [4.69, 9.17) is 0 Å². The molecule has 1 aliphatic rings. The molecule has 0 unspecified atom stereocenters. The first kappa shape index (κ1) is 17.5. The second kappa shape index (κ2) is 6.90. The summed E-state index contributed by atoms with van der Waals surface area (Å²) < 4.78 is 3.44. The lowest BCUT2D eigenvalue weighted by atomic mass is 10.1. The van der Waals surface area contributed by atoms with E-state index in [1.54, 1.807) is 9.36 Å². The zero-order chi connectivity index (χ0) is 18.8. The average Bonchev–Trinajstić information content (AvgIpc) is 3.09. The summed E-state index contributed by atoms with van der Waals surface area (Å²) in [4.78, 5) is 30.8. The van der Waals surface area contributed by atoms with Crippen molar-refractivity contribution in [2.24, 2.45) is 0 Å². The molecule has 0 fully saturated rings. The maximum atomic E-state index is 11.1. The Morgan fingerprint density at radius 1 is 0.846 bits per heavy atom. The highest BCUT2D eigenvalue weighted by Crippen LogP contribution is 2.25. The Hall–Kier alpha value is -3.30. The molecule has 136 valence electrons. The summed E-state index contributed by atoms with van der Waals surface area (Å²) in [6.07, 6.45) is 5.34. The van der Waals surface area contributed by atoms with Gasteiger partial charge in [-0.1, -0.05) is 12.2 Å². The molecule has 10 nitrogen and oxygen atoms in total. The van der Waals surface area contributed by atoms with Crippen LogP contribution in [-0.4, -0.2) is 41.3 Å². The van der Waals surface area contributed by atoms with Crippen LogP contribution in [0.4, 0.5) is 11.9 Å². The maximum Gasteiger partial charge on any atom is 0.249 e. The zero-order valence-corrected chi connectivity index (χ0v) is 15.1. The lowest BCUT2D eigenvalue weighted by molar-refractivity contribution is -0.115. The summed E-state index contributed by atoms with van der Waals surface area (Å²) >= 11 is 0. The number of aromatic nitrogens is 6. The Morgan fingerprint density at radius 3 is 1.54 bits per heavy atom. The van der Waals surface area contributed by atoms with Gasteiger partial charge in [0.2, 0.25) is 23.7 Å². The van der Waals surface area contributed by atoms with Crippen LogP contribution in [0.3, 0.4) is 0 Å². The van der Waals surface area contributed by atoms with E-state index in [1.165, 1.54) is 13.8 Å². The van der Waals surface area contributed by atoms with Gasteiger partial charge in [-0.05, 0) is 13.8 Å². The standard InChI is InChI=1S/C16H20N8O2/c1-9-17-15(19-11(3)25)21-23(9)13-5-7-14(8-6-13)24-10(2)18-16(22-24)20-12(4)26/h5,8H,6-7H2,1-4H3,(H,19,21,25)(H,20,22,26). The summed E-state index contributed by atoms with van der Waals surface area (Å²) in [6.45, 7) is 6.50. The zero-order valence-electron chi connectivity index (χ0n) is 15.1. The number of carbonyl (C=O) groups excluding carboxylic acids is 2. The molecule has 0 saturated carbocycles. The Bertz CT molecular complexity index is 858. The van der Waals surface area contributed by atoms with Gasteiger partial charge < -0.3 is 0 Å². The molecule has 2 aromatic rings. The van der Waals surface area contributed by atoms with Gasteiger partial charge >= 0.3 is 0 Å². The van der Waals surface area contributed by atoms with Crippen molar-refractivity contribution in [3.8, 4) is 0 Å². The van der Waals surface area contributed by atoms with E-state index in [0.29, 0.717) is 24.5 Å². The Labute approximate surface area is 150 Å². The normalized spacial score (nSPS) is 13.8. The molecule has 2 N–H and O–H groups in total. The first-order chi connectivity index (χ1) is 12.3. The minimum Gasteiger partial charge on any atom is -0.293 e. The largest absolute Gasteiger partial charge is 0.293 e. The number of hydrogen-bond acceptors (Lipinski definition) is 6. The van der Waals surface area contributed by atoms with Gasteiger partial charge in [0.05, 0.1) is 0 Å². The van der Waals surface area contributed by atoms with Crippen molar-refractivity contribution in [1.82, 2.24) is 29.5 Å². The average molecular weight is 356 g/mol. The summed E-state index contributed by atoms with van der Waals surface area (Å²) in [6, 6.07) is 0. The van der Waals surface area contributed by atoms with Crippen LogP contribution >= 0.6 is 0 Å². The lowest BCUT2D eigenvalue weighted by Gasteiger charge is -2.15. The van der Waals surface area contributed by atoms with Gasteiger partial charge in [-0.3, -0.25) is 20.2 Å². The quantitative estimate of drug-likeness (QED) is 0.858. The van der Waals surface area contributed by atoms with Gasteiger partial charge in [0.15, 0.2) is 0 Å². The molecule has 0 aliphatic heterocycles. The molecule has 2 amide bonds. The molecule has 0 radical (unpaired) electrons. The van der Waals surface area contributed by atoms with Crippen molar-refractivity contribution in [3.05, 3.63) is 23.8 Å². The predicted molar refractivity (Wildman–Crippen MR) is 95.9 cm³/mol. The second-order valence-electron chi connectivity index (χ2n) is 5.95. The molecule has 0 bridgehead atoms. The molecule has 0 saturated heterocycles. The van der Waals surface area contributed by atoms with Gasteiger partial charge in [0.25, 0.3) is 0 Å². The summed E-state index contributed by atoms with van der Waals surface area (Å²) in [5.41, 5.74) is 1.94. The van der Waals surface area contributed by atoms with Crippen molar-refractivity contribution in [2.45, 2.75) is 40.5 Å². The van der Waals surface area contributed by atoms with Crippen LogP contribution in [0.1, 0.15) is 38.3 Å². The van der Waals surface area contributed by atoms with Gasteiger partial charge in [0, 0.05) is 38.1 Å². The molecule has 0 atom stereocenters. The van der Waals surface area contributed by atoms with Crippen LogP contribution in [0, 0.1) is 13.8 Å². The van der Waals surface area contributed by atoms with E-state index in [9.17, 15) is 9.59 Å². The molecule has 0 aromatic carbocycles. The topological polar surface area (TPSA) is 120 Å². The highest BCUT2D eigenvalue weighted by molar-refractivity contribution is 5.87. The third-order valence-electron chi connectivity index (χ3n) is 3.75. The molecular weight excluding hydrogens is 336 g/mol. The highest BCUT2D eigenvalue weighted by Gasteiger charge is 2.16. The summed E-state index contributed by atoms with van der Waals surface area (Å²) in [5.74, 6) is 1.55. The first-order valence-electron chi connectivity index (χ1n) is 8.15. The third kappa shape index (κ3) is 3.68. The number of nitrogens with zero attached hydrogens (tertiary/aromatic N) is 6. The fourth-order valence-electron chi connectivity index (χ4n) is 2.70. The molecule has 2 aromatic heterocycles. The Kier molecular flexibility index (Phi) is 4.65. The number of rotatable bonds is 4. The van der Waals surface area contributed by atoms with Gasteiger partial charge in [-0.2, -0.15) is 9.97 Å². The number of aryl methyl sites for hydroxylation is 2. The number of hydrogen-bond donors (Lipinski definition) is 2. The van der Waals surface area contributed by atoms with E-state index >= 15 is 0 Å². The van der Waals surface area contributed by atoms with E-state index in [2.05, 4.69) is 30.8 Å². The fraction of sp³-hybridized carbons (Fsp3) is 0.375. The van der Waals surface area contributed by atoms with Crippen molar-refractivity contribution in [2.75, 3.05) is 10.6 Å². The van der Waals surface area contributed by atoms with Gasteiger partial charge in [-0.25, -0.2) is 9.36 Å². The summed E-state index contributed by atoms with van der Waals surface area (Å²) in [7, 11) is 0. The minimum absolute atomic E-state index is 0.210. The smallest absolute Gasteiger partial charge is 0.249 e. The van der Waals surface area contributed by atoms with Crippen LogP contribution in [0.5, 0.6) is 0 Å². The number of amides is 2. The molecule has 0 spiro atoms. The molecular formula is C16H20N8O2. The van der Waals surface area contributed by atoms with Crippen LogP contribution in [0.2, 0.25) is 0 Å². The van der Waals surface area contributed by atoms with Gasteiger partial charge in [-0.15, -0.1) is 10.2 Å². The van der Waals surface area contributed by atoms with Crippen LogP contribution < -0.4 is 10.6 Å². The number of anilines is 2. The van der Waals surface area contributed by atoms with Gasteiger partial charge in [0.1, 0.15) is 11.6 Å². The first-order valence-corrected chi connectivity index (χ1v) is 8.15. The summed E-state index contributed by atoms with van der Waals surface area (Å²) in [5, 5.41) is 13.8. The van der Waals surface area contributed by atoms with E-state index in [1.807, 2.05) is 26.0 Å². The molecule has 26 heavy (non-hydrogen) atoms. The maximum absolute atomic E-state index is 11.1. The number of nitrogens with one attached hydrogen (secondary N) is 2. The number of carbonyl (C=O) groups is 2. The highest BCUT2D eigenvalue weighted by atomic mass is 16.2. The van der Waals surface area contributed by atoms with Crippen molar-refractivity contribution in [1.29, 1.82) is 0 Å². The van der Waals surface area contributed by atoms with Crippen molar-refractivity contribution in [3.63, 3.8) is 0 Å². The van der Waals surface area contributed by atoms with E-state index in [-0.39, 0.29) is 23.7 Å². The Balaban J connectivity index is 1.76. The predicted octanol–water partition coefficient (Wildman–Crippen LogP) is 1.58. The number of allylic oxidation sites excluding steroid dienone is 4. The monoisotopic (exact) mass is 356 g/mol. The third-order valence-corrected chi connectivity index (χ3v) is 3.75. The lowest BCUT2D eigenvalue weighted by Crippen LogP contribution is -2.10. The van der Waals surface area contributed by atoms with Crippen LogP contribution in [-0.2, 0) is 9.59 Å². The van der Waals surface area contributed by atoms with Crippen molar-refractivity contribution >= 4 is 35.1 Å².